The van der Waals surface area contributed by atoms with Gasteiger partial charge in [-0.3, -0.25) is 9.97 Å². The van der Waals surface area contributed by atoms with Crippen molar-refractivity contribution in [3.8, 4) is 11.4 Å². The SMILES string of the molecule is COC(=O)c1ccc2c(C3CCCC3)c(-c3ccccn3)n(C)c2c1.COC(=O)c1ccc2c(C3CCCC3)c(B3OC(C)(C)C(C)(C)O3)n(C)c2c1.Ic1ccccn1. The molecule has 10 nitrogen and oxygen atoms in total. The number of esters is 2. The lowest BCUT2D eigenvalue weighted by molar-refractivity contribution is 0.00578. The number of hydrogen-bond donors (Lipinski definition) is 0. The van der Waals surface area contributed by atoms with Gasteiger partial charge in [0.1, 0.15) is 3.70 Å². The summed E-state index contributed by atoms with van der Waals surface area (Å²) in [6, 6.07) is 23.6. The van der Waals surface area contributed by atoms with E-state index in [2.05, 4.69) is 94.6 Å². The Balaban J connectivity index is 0.000000157. The smallest absolute Gasteiger partial charge is 0.465 e. The van der Waals surface area contributed by atoms with Crippen LogP contribution >= 0.6 is 22.6 Å². The molecule has 0 atom stereocenters. The largest absolute Gasteiger partial charge is 0.512 e. The number of aromatic nitrogens is 4. The summed E-state index contributed by atoms with van der Waals surface area (Å²) in [5.74, 6) is 0.444. The molecule has 6 aromatic rings. The van der Waals surface area contributed by atoms with Crippen LogP contribution in [0, 0.1) is 3.70 Å². The molecule has 1 aliphatic heterocycles. The number of carbonyl (C=O) groups is 2. The molecule has 12 heteroatoms. The predicted octanol–water partition coefficient (Wildman–Crippen LogP) is 10.3. The van der Waals surface area contributed by atoms with Crippen LogP contribution < -0.4 is 5.59 Å². The molecule has 2 saturated carbocycles. The monoisotopic (exact) mass is 922 g/mol. The fourth-order valence-corrected chi connectivity index (χ4v) is 9.47. The van der Waals surface area contributed by atoms with Crippen LogP contribution in [0.4, 0.5) is 0 Å². The minimum absolute atomic E-state index is 0.301. The fourth-order valence-electron chi connectivity index (χ4n) is 9.11. The average Bonchev–Trinajstić information content (AvgIpc) is 4.10. The molecule has 314 valence electrons. The van der Waals surface area contributed by atoms with Crippen molar-refractivity contribution in [1.82, 2.24) is 19.1 Å². The molecule has 3 fully saturated rings. The van der Waals surface area contributed by atoms with Gasteiger partial charge in [-0.15, -0.1) is 0 Å². The second-order valence-corrected chi connectivity index (χ2v) is 18.1. The van der Waals surface area contributed by atoms with Crippen molar-refractivity contribution in [3.05, 3.63) is 111 Å². The number of nitrogens with zero attached hydrogens (tertiary/aromatic N) is 4. The van der Waals surface area contributed by atoms with E-state index >= 15 is 0 Å². The third-order valence-electron chi connectivity index (χ3n) is 12.9. The van der Waals surface area contributed by atoms with E-state index in [1.54, 1.807) is 6.20 Å². The summed E-state index contributed by atoms with van der Waals surface area (Å²) in [5.41, 5.74) is 8.40. The Morgan fingerprint density at radius 3 is 1.62 bits per heavy atom. The summed E-state index contributed by atoms with van der Waals surface area (Å²) in [6.45, 7) is 8.33. The van der Waals surface area contributed by atoms with Gasteiger partial charge >= 0.3 is 19.1 Å². The molecule has 4 aromatic heterocycles. The maximum absolute atomic E-state index is 12.1. The zero-order chi connectivity index (χ0) is 42.8. The third kappa shape index (κ3) is 8.65. The molecule has 2 aromatic carbocycles. The Morgan fingerprint density at radius 1 is 0.683 bits per heavy atom. The quantitative estimate of drug-likeness (QED) is 0.0704. The van der Waals surface area contributed by atoms with Gasteiger partial charge in [-0.25, -0.2) is 9.59 Å². The zero-order valence-electron chi connectivity index (χ0n) is 36.1. The molecular formula is C48H56BIN4O6. The number of pyridine rings is 2. The minimum Gasteiger partial charge on any atom is -0.465 e. The molecule has 9 rings (SSSR count). The first-order valence-electron chi connectivity index (χ1n) is 21.0. The van der Waals surface area contributed by atoms with Crippen LogP contribution in [-0.2, 0) is 32.9 Å². The molecule has 3 aliphatic rings. The first-order chi connectivity index (χ1) is 28.8. The van der Waals surface area contributed by atoms with Gasteiger partial charge in [0.2, 0.25) is 0 Å². The Labute approximate surface area is 367 Å². The maximum atomic E-state index is 12.1. The van der Waals surface area contributed by atoms with Crippen LogP contribution in [0.25, 0.3) is 33.2 Å². The number of methoxy groups -OCH3 is 2. The highest BCUT2D eigenvalue weighted by Crippen LogP contribution is 2.45. The van der Waals surface area contributed by atoms with Gasteiger partial charge in [-0.2, -0.15) is 0 Å². The molecule has 60 heavy (non-hydrogen) atoms. The Morgan fingerprint density at radius 2 is 1.17 bits per heavy atom. The van der Waals surface area contributed by atoms with Gasteiger partial charge < -0.3 is 27.9 Å². The normalized spacial score (nSPS) is 17.3. The van der Waals surface area contributed by atoms with Crippen LogP contribution in [0.5, 0.6) is 0 Å². The van der Waals surface area contributed by atoms with Gasteiger partial charge in [-0.1, -0.05) is 49.9 Å². The van der Waals surface area contributed by atoms with Gasteiger partial charge in [0, 0.05) is 48.3 Å². The summed E-state index contributed by atoms with van der Waals surface area (Å²) >= 11 is 2.17. The topological polar surface area (TPSA) is 107 Å². The Bertz CT molecular complexity index is 2450. The van der Waals surface area contributed by atoms with Gasteiger partial charge in [0.05, 0.1) is 53.5 Å². The first-order valence-corrected chi connectivity index (χ1v) is 22.1. The lowest BCUT2D eigenvalue weighted by atomic mass is 9.77. The molecular weight excluding hydrogens is 866 g/mol. The molecule has 0 unspecified atom stereocenters. The molecule has 0 spiro atoms. The fraction of sp³-hybridized carbons (Fsp3) is 0.417. The minimum atomic E-state index is -0.417. The Kier molecular flexibility index (Phi) is 13.2. The number of halogens is 1. The second kappa shape index (κ2) is 18.2. The van der Waals surface area contributed by atoms with Crippen molar-refractivity contribution in [3.63, 3.8) is 0 Å². The molecule has 0 radical (unpaired) electrons. The van der Waals surface area contributed by atoms with Crippen LogP contribution in [0.15, 0.2) is 85.2 Å². The van der Waals surface area contributed by atoms with E-state index in [0.29, 0.717) is 23.0 Å². The maximum Gasteiger partial charge on any atom is 0.512 e. The highest BCUT2D eigenvalue weighted by Gasteiger charge is 2.53. The van der Waals surface area contributed by atoms with Crippen LogP contribution in [-0.4, -0.2) is 63.6 Å². The van der Waals surface area contributed by atoms with Gasteiger partial charge in [0.25, 0.3) is 0 Å². The number of carbonyl (C=O) groups excluding carboxylic acids is 2. The van der Waals surface area contributed by atoms with Crippen molar-refractivity contribution in [2.45, 2.75) is 102 Å². The number of benzene rings is 2. The number of rotatable bonds is 6. The zero-order valence-corrected chi connectivity index (χ0v) is 38.2. The van der Waals surface area contributed by atoms with Crippen molar-refractivity contribution in [2.75, 3.05) is 14.2 Å². The van der Waals surface area contributed by atoms with Crippen molar-refractivity contribution >= 4 is 69.0 Å². The molecule has 0 bridgehead atoms. The summed E-state index contributed by atoms with van der Waals surface area (Å²) in [7, 11) is 6.52. The standard InChI is InChI=1S/C22H30BNO4.C21H22N2O2.C5H4IN/c1-21(2)22(3,4)28-23(27-21)19-18(14-9-7-8-10-14)16-12-11-15(20(25)26-6)13-17(16)24(19)5;1-23-18-13-15(21(24)25-2)10-11-16(18)19(14-7-3-4-8-14)20(23)17-9-5-6-12-22-17;6-5-3-1-2-4-7-5/h11-14H,7-10H2,1-6H3;5-6,9-14H,3-4,7-8H2,1-2H3;1-4H. The summed E-state index contributed by atoms with van der Waals surface area (Å²) in [6.07, 6.45) is 13.5. The third-order valence-corrected chi connectivity index (χ3v) is 13.5. The lowest BCUT2D eigenvalue weighted by Crippen LogP contribution is -2.41. The Hall–Kier alpha value is -4.53. The van der Waals surface area contributed by atoms with E-state index in [9.17, 15) is 9.59 Å². The van der Waals surface area contributed by atoms with E-state index in [1.807, 2.05) is 67.8 Å². The van der Waals surface area contributed by atoms with Gasteiger partial charge in [-0.05, 0) is 147 Å². The number of aryl methyl sites for hydroxylation is 2. The first kappa shape index (κ1) is 43.6. The molecule has 0 N–H and O–H groups in total. The van der Waals surface area contributed by atoms with Crippen LogP contribution in [0.1, 0.15) is 123 Å². The number of ether oxygens (including phenoxy) is 2. The van der Waals surface area contributed by atoms with E-state index in [4.69, 9.17) is 18.8 Å². The summed E-state index contributed by atoms with van der Waals surface area (Å²) < 4.78 is 28.0. The molecule has 0 amide bonds. The molecule has 5 heterocycles. The number of fused-ring (bicyclic) bond motifs is 2. The molecule has 1 saturated heterocycles. The molecule has 2 aliphatic carbocycles. The van der Waals surface area contributed by atoms with E-state index < -0.39 is 18.3 Å². The van der Waals surface area contributed by atoms with E-state index in [1.165, 1.54) is 93.2 Å². The van der Waals surface area contributed by atoms with Crippen molar-refractivity contribution in [2.24, 2.45) is 14.1 Å². The van der Waals surface area contributed by atoms with Crippen LogP contribution in [0.3, 0.4) is 0 Å². The van der Waals surface area contributed by atoms with E-state index in [0.717, 1.165) is 26.0 Å². The average molecular weight is 923 g/mol. The predicted molar refractivity (Wildman–Crippen MR) is 247 cm³/mol. The van der Waals surface area contributed by atoms with E-state index in [-0.39, 0.29) is 11.9 Å². The summed E-state index contributed by atoms with van der Waals surface area (Å²) in [5, 5.41) is 2.41. The van der Waals surface area contributed by atoms with Crippen molar-refractivity contribution < 1.29 is 28.4 Å². The highest BCUT2D eigenvalue weighted by molar-refractivity contribution is 14.1. The number of hydrogen-bond acceptors (Lipinski definition) is 8. The van der Waals surface area contributed by atoms with Gasteiger partial charge in [0.15, 0.2) is 0 Å². The second-order valence-electron chi connectivity index (χ2n) is 17.0. The van der Waals surface area contributed by atoms with Crippen LogP contribution in [0.2, 0.25) is 0 Å². The summed E-state index contributed by atoms with van der Waals surface area (Å²) in [4.78, 5) is 32.6. The van der Waals surface area contributed by atoms with Crippen molar-refractivity contribution in [1.29, 1.82) is 0 Å². The highest BCUT2D eigenvalue weighted by atomic mass is 127. The lowest BCUT2D eigenvalue weighted by Gasteiger charge is -2.32.